The molecule has 0 spiro atoms. The van der Waals surface area contributed by atoms with Gasteiger partial charge >= 0.3 is 0 Å². The van der Waals surface area contributed by atoms with Crippen LogP contribution in [0.5, 0.6) is 0 Å². The predicted octanol–water partition coefficient (Wildman–Crippen LogP) is 0.995. The number of carbonyl (C=O) groups is 1. The van der Waals surface area contributed by atoms with E-state index in [1.807, 2.05) is 0 Å². The molecule has 0 aliphatic carbocycles. The van der Waals surface area contributed by atoms with Crippen molar-refractivity contribution < 1.29 is 4.79 Å². The Morgan fingerprint density at radius 1 is 1.43 bits per heavy atom. The molecule has 0 radical (unpaired) electrons. The molecule has 1 amide bonds. The van der Waals surface area contributed by atoms with E-state index in [2.05, 4.69) is 24.1 Å². The van der Waals surface area contributed by atoms with E-state index < -0.39 is 0 Å². The molecule has 2 aliphatic heterocycles. The molecule has 2 fully saturated rings. The number of nitrogens with zero attached hydrogens (tertiary/aromatic N) is 1. The van der Waals surface area contributed by atoms with E-state index in [0.29, 0.717) is 18.0 Å². The van der Waals surface area contributed by atoms with Crippen LogP contribution in [0.1, 0.15) is 33.1 Å². The third kappa shape index (κ3) is 1.54. The topological polar surface area (TPSA) is 32.3 Å². The molecule has 3 heteroatoms. The number of rotatable bonds is 2. The zero-order chi connectivity index (χ0) is 10.1. The maximum atomic E-state index is 12.1. The first-order valence-electron chi connectivity index (χ1n) is 5.77. The Labute approximate surface area is 85.8 Å². The van der Waals surface area contributed by atoms with Crippen LogP contribution in [-0.4, -0.2) is 36.0 Å². The quantitative estimate of drug-likeness (QED) is 0.714. The highest BCUT2D eigenvalue weighted by atomic mass is 16.2. The van der Waals surface area contributed by atoms with E-state index in [4.69, 9.17) is 0 Å². The van der Waals surface area contributed by atoms with Crippen LogP contribution in [0.4, 0.5) is 0 Å². The maximum absolute atomic E-state index is 12.1. The Hall–Kier alpha value is -0.570. The smallest absolute Gasteiger partial charge is 0.228 e. The molecule has 3 nitrogen and oxygen atoms in total. The summed E-state index contributed by atoms with van der Waals surface area (Å²) in [5, 5.41) is 3.17. The number of hydrogen-bond donors (Lipinski definition) is 1. The molecule has 0 bridgehead atoms. The minimum atomic E-state index is 0.268. The first-order valence-corrected chi connectivity index (χ1v) is 5.77. The first kappa shape index (κ1) is 9.97. The Bertz CT molecular complexity index is 225. The van der Waals surface area contributed by atoms with Crippen LogP contribution in [0.3, 0.4) is 0 Å². The van der Waals surface area contributed by atoms with Crippen LogP contribution in [0, 0.1) is 5.92 Å². The van der Waals surface area contributed by atoms with Gasteiger partial charge in [0.1, 0.15) is 0 Å². The van der Waals surface area contributed by atoms with Gasteiger partial charge in [0, 0.05) is 25.2 Å². The van der Waals surface area contributed by atoms with Gasteiger partial charge in [0.15, 0.2) is 0 Å². The highest BCUT2D eigenvalue weighted by Gasteiger charge is 2.38. The molecule has 0 saturated carbocycles. The van der Waals surface area contributed by atoms with Gasteiger partial charge in [-0.05, 0) is 26.2 Å². The van der Waals surface area contributed by atoms with Crippen molar-refractivity contribution >= 4 is 5.91 Å². The molecular weight excluding hydrogens is 176 g/mol. The Balaban J connectivity index is 2.02. The SMILES string of the molecule is CCC1CCC(C)N1C(=O)C1CNC1. The van der Waals surface area contributed by atoms with Crippen LogP contribution in [0.25, 0.3) is 0 Å². The second kappa shape index (κ2) is 3.89. The van der Waals surface area contributed by atoms with Gasteiger partial charge in [-0.25, -0.2) is 0 Å². The average molecular weight is 196 g/mol. The van der Waals surface area contributed by atoms with Crippen LogP contribution < -0.4 is 5.32 Å². The first-order chi connectivity index (χ1) is 6.74. The van der Waals surface area contributed by atoms with E-state index >= 15 is 0 Å². The second-order valence-electron chi connectivity index (χ2n) is 4.59. The number of likely N-dealkylation sites (tertiary alicyclic amines) is 1. The minimum absolute atomic E-state index is 0.268. The van der Waals surface area contributed by atoms with Crippen LogP contribution >= 0.6 is 0 Å². The summed E-state index contributed by atoms with van der Waals surface area (Å²) in [5.74, 6) is 0.658. The molecule has 2 aliphatic rings. The van der Waals surface area contributed by atoms with Gasteiger partial charge < -0.3 is 10.2 Å². The van der Waals surface area contributed by atoms with Crippen LogP contribution in [-0.2, 0) is 4.79 Å². The average Bonchev–Trinajstić information content (AvgIpc) is 2.43. The van der Waals surface area contributed by atoms with Crippen molar-refractivity contribution in [1.29, 1.82) is 0 Å². The Morgan fingerprint density at radius 2 is 2.14 bits per heavy atom. The summed E-state index contributed by atoms with van der Waals surface area (Å²) in [5.41, 5.74) is 0. The van der Waals surface area contributed by atoms with Crippen molar-refractivity contribution in [2.45, 2.75) is 45.2 Å². The van der Waals surface area contributed by atoms with Crippen molar-refractivity contribution in [3.63, 3.8) is 0 Å². The molecular formula is C11H20N2O. The summed E-state index contributed by atoms with van der Waals surface area (Å²) in [7, 11) is 0. The standard InChI is InChI=1S/C11H20N2O/c1-3-10-5-4-8(2)13(10)11(14)9-6-12-7-9/h8-10,12H,3-7H2,1-2H3. The monoisotopic (exact) mass is 196 g/mol. The highest BCUT2D eigenvalue weighted by molar-refractivity contribution is 5.81. The van der Waals surface area contributed by atoms with E-state index in [1.54, 1.807) is 0 Å². The summed E-state index contributed by atoms with van der Waals surface area (Å²) in [6.45, 7) is 6.14. The molecule has 2 atom stereocenters. The molecule has 0 aromatic rings. The van der Waals surface area contributed by atoms with Crippen molar-refractivity contribution in [3.8, 4) is 0 Å². The molecule has 14 heavy (non-hydrogen) atoms. The van der Waals surface area contributed by atoms with Crippen LogP contribution in [0.2, 0.25) is 0 Å². The molecule has 2 heterocycles. The number of nitrogens with one attached hydrogen (secondary N) is 1. The van der Waals surface area contributed by atoms with E-state index in [0.717, 1.165) is 19.5 Å². The highest BCUT2D eigenvalue weighted by Crippen LogP contribution is 2.28. The third-order valence-electron chi connectivity index (χ3n) is 3.64. The largest absolute Gasteiger partial charge is 0.337 e. The molecule has 80 valence electrons. The second-order valence-corrected chi connectivity index (χ2v) is 4.59. The number of carbonyl (C=O) groups excluding carboxylic acids is 1. The molecule has 0 aromatic heterocycles. The lowest BCUT2D eigenvalue weighted by Gasteiger charge is -2.35. The van der Waals surface area contributed by atoms with Crippen LogP contribution in [0.15, 0.2) is 0 Å². The molecule has 0 aromatic carbocycles. The maximum Gasteiger partial charge on any atom is 0.228 e. The summed E-state index contributed by atoms with van der Waals surface area (Å²) in [6, 6.07) is 0.978. The van der Waals surface area contributed by atoms with Gasteiger partial charge in [-0.15, -0.1) is 0 Å². The lowest BCUT2D eigenvalue weighted by Crippen LogP contribution is -2.54. The van der Waals surface area contributed by atoms with E-state index in [-0.39, 0.29) is 5.92 Å². The third-order valence-corrected chi connectivity index (χ3v) is 3.64. The van der Waals surface area contributed by atoms with Crippen molar-refractivity contribution in [1.82, 2.24) is 10.2 Å². The zero-order valence-electron chi connectivity index (χ0n) is 9.12. The predicted molar refractivity (Wildman–Crippen MR) is 56.0 cm³/mol. The Morgan fingerprint density at radius 3 is 2.64 bits per heavy atom. The summed E-state index contributed by atoms with van der Waals surface area (Å²) in [6.07, 6.45) is 3.49. The lowest BCUT2D eigenvalue weighted by molar-refractivity contribution is -0.139. The molecule has 2 rings (SSSR count). The molecule has 2 unspecified atom stereocenters. The summed E-state index contributed by atoms with van der Waals surface area (Å²) in [4.78, 5) is 14.2. The summed E-state index contributed by atoms with van der Waals surface area (Å²) >= 11 is 0. The number of amides is 1. The van der Waals surface area contributed by atoms with Crippen molar-refractivity contribution in [2.75, 3.05) is 13.1 Å². The van der Waals surface area contributed by atoms with Gasteiger partial charge in [0.05, 0.1) is 5.92 Å². The van der Waals surface area contributed by atoms with E-state index in [9.17, 15) is 4.79 Å². The van der Waals surface area contributed by atoms with Gasteiger partial charge in [-0.3, -0.25) is 4.79 Å². The van der Waals surface area contributed by atoms with Crippen molar-refractivity contribution in [3.05, 3.63) is 0 Å². The lowest BCUT2D eigenvalue weighted by atomic mass is 10.0. The van der Waals surface area contributed by atoms with Gasteiger partial charge in [0.2, 0.25) is 5.91 Å². The normalized spacial score (nSPS) is 33.1. The fourth-order valence-corrected chi connectivity index (χ4v) is 2.54. The number of hydrogen-bond acceptors (Lipinski definition) is 2. The summed E-state index contributed by atoms with van der Waals surface area (Å²) < 4.78 is 0. The van der Waals surface area contributed by atoms with Crippen molar-refractivity contribution in [2.24, 2.45) is 5.92 Å². The Kier molecular flexibility index (Phi) is 2.77. The zero-order valence-corrected chi connectivity index (χ0v) is 9.12. The fourth-order valence-electron chi connectivity index (χ4n) is 2.54. The van der Waals surface area contributed by atoms with E-state index in [1.165, 1.54) is 12.8 Å². The van der Waals surface area contributed by atoms with Gasteiger partial charge in [-0.2, -0.15) is 0 Å². The fraction of sp³-hybridized carbons (Fsp3) is 0.909. The molecule has 2 saturated heterocycles. The minimum Gasteiger partial charge on any atom is -0.337 e. The van der Waals surface area contributed by atoms with Gasteiger partial charge in [-0.1, -0.05) is 6.92 Å². The molecule has 1 N–H and O–H groups in total. The van der Waals surface area contributed by atoms with Gasteiger partial charge in [0.25, 0.3) is 0 Å².